The Morgan fingerprint density at radius 1 is 1.17 bits per heavy atom. The van der Waals surface area contributed by atoms with E-state index in [0.717, 1.165) is 43.1 Å². The number of hydrogen-bond acceptors (Lipinski definition) is 3. The van der Waals surface area contributed by atoms with Crippen LogP contribution in [0.4, 0.5) is 0 Å². The van der Waals surface area contributed by atoms with E-state index in [-0.39, 0.29) is 12.6 Å². The lowest BCUT2D eigenvalue weighted by atomic mass is 10.1. The minimum atomic E-state index is 0.149. The van der Waals surface area contributed by atoms with Gasteiger partial charge in [0.05, 0.1) is 12.3 Å². The first-order valence-corrected chi connectivity index (χ1v) is 8.52. The van der Waals surface area contributed by atoms with Gasteiger partial charge in [-0.2, -0.15) is 0 Å². The number of rotatable bonds is 8. The van der Waals surface area contributed by atoms with Crippen LogP contribution < -0.4 is 0 Å². The van der Waals surface area contributed by atoms with Crippen molar-refractivity contribution in [2.45, 2.75) is 59.7 Å². The number of aryl methyl sites for hydroxylation is 3. The Balaban J connectivity index is 2.23. The van der Waals surface area contributed by atoms with Gasteiger partial charge in [-0.15, -0.1) is 0 Å². The highest BCUT2D eigenvalue weighted by atomic mass is 16.3. The van der Waals surface area contributed by atoms with E-state index in [0.29, 0.717) is 0 Å². The molecule has 0 saturated heterocycles. The Morgan fingerprint density at radius 3 is 2.48 bits per heavy atom. The maximum absolute atomic E-state index is 9.77. The van der Waals surface area contributed by atoms with E-state index < -0.39 is 0 Å². The van der Waals surface area contributed by atoms with Crippen LogP contribution in [0.25, 0.3) is 0 Å². The first-order chi connectivity index (χ1) is 11.1. The summed E-state index contributed by atoms with van der Waals surface area (Å²) in [6, 6.07) is 8.60. The van der Waals surface area contributed by atoms with E-state index in [1.165, 1.54) is 11.1 Å². The number of benzene rings is 1. The van der Waals surface area contributed by atoms with Gasteiger partial charge in [0.1, 0.15) is 5.82 Å². The van der Waals surface area contributed by atoms with Gasteiger partial charge in [0.15, 0.2) is 0 Å². The summed E-state index contributed by atoms with van der Waals surface area (Å²) in [5.41, 5.74) is 4.81. The predicted molar refractivity (Wildman–Crippen MR) is 94.3 cm³/mol. The highest BCUT2D eigenvalue weighted by Gasteiger charge is 2.20. The van der Waals surface area contributed by atoms with Crippen LogP contribution in [0, 0.1) is 13.8 Å². The highest BCUT2D eigenvalue weighted by Crippen LogP contribution is 2.18. The number of nitrogens with one attached hydrogen (secondary N) is 1. The number of nitrogens with zero attached hydrogens (tertiary/aromatic N) is 2. The Bertz CT molecular complexity index is 617. The maximum Gasteiger partial charge on any atom is 0.106 e. The fourth-order valence-corrected chi connectivity index (χ4v) is 2.90. The van der Waals surface area contributed by atoms with Crippen molar-refractivity contribution < 1.29 is 5.11 Å². The van der Waals surface area contributed by atoms with Crippen molar-refractivity contribution in [2.24, 2.45) is 0 Å². The Morgan fingerprint density at radius 2 is 1.91 bits per heavy atom. The Labute approximate surface area is 139 Å². The second kappa shape index (κ2) is 8.27. The molecule has 1 aromatic heterocycles. The fraction of sp³-hybridized carbons (Fsp3) is 0.526. The third-order valence-electron chi connectivity index (χ3n) is 4.56. The SMILES string of the molecule is CCc1nc(CN(Cc2ccccc2C)[C@@H](CC)CO)c(C)[nH]1. The van der Waals surface area contributed by atoms with E-state index in [9.17, 15) is 5.11 Å². The molecule has 1 atom stereocenters. The molecular formula is C19H29N3O. The second-order valence-corrected chi connectivity index (χ2v) is 6.18. The molecule has 0 unspecified atom stereocenters. The zero-order chi connectivity index (χ0) is 16.8. The zero-order valence-electron chi connectivity index (χ0n) is 14.8. The van der Waals surface area contributed by atoms with Crippen molar-refractivity contribution in [1.29, 1.82) is 0 Å². The molecule has 0 bridgehead atoms. The van der Waals surface area contributed by atoms with Gasteiger partial charge in [0.2, 0.25) is 0 Å². The molecule has 23 heavy (non-hydrogen) atoms. The standard InChI is InChI=1S/C19H29N3O/c1-5-17(13-23)22(11-16-10-8-7-9-14(16)3)12-18-15(4)20-19(6-2)21-18/h7-10,17,23H,5-6,11-13H2,1-4H3,(H,20,21)/t17-/m0/s1. The highest BCUT2D eigenvalue weighted by molar-refractivity contribution is 5.25. The van der Waals surface area contributed by atoms with Crippen LogP contribution in [0.3, 0.4) is 0 Å². The number of hydrogen-bond donors (Lipinski definition) is 2. The predicted octanol–water partition coefficient (Wildman–Crippen LogP) is 3.36. The van der Waals surface area contributed by atoms with E-state index in [1.54, 1.807) is 0 Å². The molecule has 0 saturated carbocycles. The van der Waals surface area contributed by atoms with Gasteiger partial charge in [-0.1, -0.05) is 38.1 Å². The van der Waals surface area contributed by atoms with Crippen molar-refractivity contribution >= 4 is 0 Å². The largest absolute Gasteiger partial charge is 0.395 e. The van der Waals surface area contributed by atoms with Crippen LogP contribution in [-0.2, 0) is 19.5 Å². The summed E-state index contributed by atoms with van der Waals surface area (Å²) in [6.45, 7) is 10.2. The maximum atomic E-state index is 9.77. The van der Waals surface area contributed by atoms with Gasteiger partial charge in [0, 0.05) is 31.2 Å². The number of imidazole rings is 1. The number of aliphatic hydroxyl groups excluding tert-OH is 1. The Kier molecular flexibility index (Phi) is 6.37. The molecule has 0 radical (unpaired) electrons. The van der Waals surface area contributed by atoms with Crippen molar-refractivity contribution in [1.82, 2.24) is 14.9 Å². The summed E-state index contributed by atoms with van der Waals surface area (Å²) in [4.78, 5) is 10.4. The quantitative estimate of drug-likeness (QED) is 0.785. The molecule has 0 aliphatic rings. The third kappa shape index (κ3) is 4.43. The average molecular weight is 315 g/mol. The van der Waals surface area contributed by atoms with Gasteiger partial charge in [0.25, 0.3) is 0 Å². The third-order valence-corrected chi connectivity index (χ3v) is 4.56. The lowest BCUT2D eigenvalue weighted by Crippen LogP contribution is -2.37. The van der Waals surface area contributed by atoms with Gasteiger partial charge in [-0.25, -0.2) is 4.98 Å². The molecule has 0 aliphatic heterocycles. The molecule has 2 N–H and O–H groups in total. The second-order valence-electron chi connectivity index (χ2n) is 6.18. The smallest absolute Gasteiger partial charge is 0.106 e. The molecule has 0 fully saturated rings. The van der Waals surface area contributed by atoms with E-state index in [2.05, 4.69) is 61.8 Å². The van der Waals surface area contributed by atoms with Crippen molar-refractivity contribution in [2.75, 3.05) is 6.61 Å². The molecular weight excluding hydrogens is 286 g/mol. The molecule has 0 spiro atoms. The summed E-state index contributed by atoms with van der Waals surface area (Å²) in [6.07, 6.45) is 1.84. The number of aliphatic hydroxyl groups is 1. The summed E-state index contributed by atoms with van der Waals surface area (Å²) in [5, 5.41) is 9.77. The lowest BCUT2D eigenvalue weighted by molar-refractivity contribution is 0.105. The first-order valence-electron chi connectivity index (χ1n) is 8.52. The fourth-order valence-electron chi connectivity index (χ4n) is 2.90. The minimum Gasteiger partial charge on any atom is -0.395 e. The molecule has 4 heteroatoms. The minimum absolute atomic E-state index is 0.149. The van der Waals surface area contributed by atoms with Crippen LogP contribution in [0.15, 0.2) is 24.3 Å². The molecule has 0 amide bonds. The van der Waals surface area contributed by atoms with Gasteiger partial charge in [-0.3, -0.25) is 4.90 Å². The molecule has 0 aliphatic carbocycles. The van der Waals surface area contributed by atoms with E-state index in [1.807, 2.05) is 0 Å². The van der Waals surface area contributed by atoms with Crippen molar-refractivity contribution in [3.8, 4) is 0 Å². The Hall–Kier alpha value is -1.65. The van der Waals surface area contributed by atoms with Crippen molar-refractivity contribution in [3.05, 3.63) is 52.6 Å². The summed E-state index contributed by atoms with van der Waals surface area (Å²) < 4.78 is 0. The summed E-state index contributed by atoms with van der Waals surface area (Å²) in [5.74, 6) is 1.03. The number of aromatic amines is 1. The van der Waals surface area contributed by atoms with Crippen LogP contribution in [0.5, 0.6) is 0 Å². The van der Waals surface area contributed by atoms with Crippen LogP contribution in [-0.4, -0.2) is 32.6 Å². The molecule has 1 aromatic carbocycles. The van der Waals surface area contributed by atoms with E-state index >= 15 is 0 Å². The lowest BCUT2D eigenvalue weighted by Gasteiger charge is -2.30. The normalized spacial score (nSPS) is 12.8. The van der Waals surface area contributed by atoms with Crippen LogP contribution in [0.1, 0.15) is 48.6 Å². The number of aromatic nitrogens is 2. The van der Waals surface area contributed by atoms with Gasteiger partial charge in [-0.05, 0) is 31.4 Å². The monoisotopic (exact) mass is 315 g/mol. The topological polar surface area (TPSA) is 52.1 Å². The van der Waals surface area contributed by atoms with Crippen molar-refractivity contribution in [3.63, 3.8) is 0 Å². The van der Waals surface area contributed by atoms with Crippen LogP contribution >= 0.6 is 0 Å². The molecule has 4 nitrogen and oxygen atoms in total. The summed E-state index contributed by atoms with van der Waals surface area (Å²) in [7, 11) is 0. The van der Waals surface area contributed by atoms with Crippen LogP contribution in [0.2, 0.25) is 0 Å². The molecule has 2 rings (SSSR count). The van der Waals surface area contributed by atoms with Gasteiger partial charge >= 0.3 is 0 Å². The van der Waals surface area contributed by atoms with E-state index in [4.69, 9.17) is 4.98 Å². The molecule has 1 heterocycles. The average Bonchev–Trinajstić information content (AvgIpc) is 2.91. The molecule has 126 valence electrons. The first kappa shape index (κ1) is 17.7. The zero-order valence-corrected chi connectivity index (χ0v) is 14.8. The molecule has 2 aromatic rings. The number of H-pyrrole nitrogens is 1. The van der Waals surface area contributed by atoms with Gasteiger partial charge < -0.3 is 10.1 Å². The summed E-state index contributed by atoms with van der Waals surface area (Å²) >= 11 is 0.